The van der Waals surface area contributed by atoms with E-state index in [1.54, 1.807) is 4.90 Å². The molecule has 0 bridgehead atoms. The van der Waals surface area contributed by atoms with Crippen molar-refractivity contribution in [3.05, 3.63) is 46.6 Å². The molecule has 0 atom stereocenters. The summed E-state index contributed by atoms with van der Waals surface area (Å²) >= 11 is 3.18. The number of ether oxygens (including phenoxy) is 1. The largest absolute Gasteiger partial charge is 0.481 e. The Labute approximate surface area is 193 Å². The zero-order valence-electron chi connectivity index (χ0n) is 18.0. The molecule has 2 amide bonds. The van der Waals surface area contributed by atoms with E-state index < -0.39 is 18.6 Å². The summed E-state index contributed by atoms with van der Waals surface area (Å²) in [4.78, 5) is 27.9. The summed E-state index contributed by atoms with van der Waals surface area (Å²) in [5, 5.41) is 10.1. The van der Waals surface area contributed by atoms with Gasteiger partial charge in [-0.3, -0.25) is 15.0 Å². The highest BCUT2D eigenvalue weighted by Gasteiger charge is 2.32. The number of urea groups is 1. The van der Waals surface area contributed by atoms with E-state index in [0.717, 1.165) is 37.4 Å². The van der Waals surface area contributed by atoms with Crippen molar-refractivity contribution in [1.82, 2.24) is 4.98 Å². The Bertz CT molecular complexity index is 935. The minimum absolute atomic E-state index is 0.0418. The van der Waals surface area contributed by atoms with Crippen LogP contribution < -0.4 is 15.0 Å². The fourth-order valence-electron chi connectivity index (χ4n) is 3.17. The van der Waals surface area contributed by atoms with Gasteiger partial charge in [0.05, 0.1) is 0 Å². The summed E-state index contributed by atoms with van der Waals surface area (Å²) < 4.78 is 30.5. The van der Waals surface area contributed by atoms with Crippen molar-refractivity contribution >= 4 is 39.4 Å². The van der Waals surface area contributed by atoms with Crippen molar-refractivity contribution in [2.75, 3.05) is 10.2 Å². The number of pyridine rings is 1. The molecule has 1 aromatic heterocycles. The molecule has 0 saturated heterocycles. The van der Waals surface area contributed by atoms with Crippen LogP contribution in [0.15, 0.2) is 41.0 Å². The number of nitrogens with one attached hydrogen (secondary N) is 1. The number of alkyl halides is 2. The average molecular weight is 514 g/mol. The molecule has 1 saturated carbocycles. The van der Waals surface area contributed by atoms with Gasteiger partial charge in [-0.2, -0.15) is 8.78 Å². The summed E-state index contributed by atoms with van der Waals surface area (Å²) in [6.45, 7) is 2.21. The van der Waals surface area contributed by atoms with Gasteiger partial charge < -0.3 is 9.84 Å². The number of amides is 2. The van der Waals surface area contributed by atoms with E-state index in [-0.39, 0.29) is 23.5 Å². The summed E-state index contributed by atoms with van der Waals surface area (Å²) in [5.41, 5.74) is 1.88. The number of para-hydroxylation sites is 1. The standard InChI is InChI=1S/C20H22BrF2N3O2.C2H4O2/c1-12(2)15-8-3-4-9-16(15)26(14-6-5-7-14)20(27)25-18-17(28-19(22)23)10-13(21)11-24-18;1-2(3)4/h3-4,8-12,14,19H,5-7H2,1-2H3,(H,24,25,27);1H3,(H,3,4). The molecular weight excluding hydrogens is 488 g/mol. The fourth-order valence-corrected chi connectivity index (χ4v) is 3.48. The zero-order chi connectivity index (χ0) is 23.8. The van der Waals surface area contributed by atoms with Crippen LogP contribution in [0.25, 0.3) is 0 Å². The lowest BCUT2D eigenvalue weighted by molar-refractivity contribution is -0.134. The molecule has 10 heteroatoms. The number of nitrogens with zero attached hydrogens (tertiary/aromatic N) is 2. The van der Waals surface area contributed by atoms with Gasteiger partial charge in [0, 0.05) is 35.4 Å². The van der Waals surface area contributed by atoms with Gasteiger partial charge in [0.25, 0.3) is 5.97 Å². The number of carboxylic acids is 1. The second-order valence-corrected chi connectivity index (χ2v) is 8.41. The van der Waals surface area contributed by atoms with Crippen LogP contribution in [0.2, 0.25) is 0 Å². The molecule has 174 valence electrons. The third-order valence-electron chi connectivity index (χ3n) is 4.74. The van der Waals surface area contributed by atoms with Crippen molar-refractivity contribution in [1.29, 1.82) is 0 Å². The van der Waals surface area contributed by atoms with E-state index in [9.17, 15) is 13.6 Å². The predicted octanol–water partition coefficient (Wildman–Crippen LogP) is 6.25. The number of carboxylic acid groups (broad SMARTS) is 1. The lowest BCUT2D eigenvalue weighted by atomic mass is 9.90. The SMILES string of the molecule is CC(=O)O.CC(C)c1ccccc1N(C(=O)Nc1ncc(Br)cc1OC(F)F)C1CCC1. The molecule has 0 aliphatic heterocycles. The van der Waals surface area contributed by atoms with E-state index in [2.05, 4.69) is 44.8 Å². The summed E-state index contributed by atoms with van der Waals surface area (Å²) in [6, 6.07) is 8.76. The van der Waals surface area contributed by atoms with E-state index in [1.807, 2.05) is 24.3 Å². The topological polar surface area (TPSA) is 91.8 Å². The maximum absolute atomic E-state index is 13.2. The minimum Gasteiger partial charge on any atom is -0.481 e. The molecule has 32 heavy (non-hydrogen) atoms. The summed E-state index contributed by atoms with van der Waals surface area (Å²) in [5.74, 6) is -0.835. The lowest BCUT2D eigenvalue weighted by Crippen LogP contribution is -2.47. The van der Waals surface area contributed by atoms with Gasteiger partial charge in [0.1, 0.15) is 0 Å². The minimum atomic E-state index is -3.02. The van der Waals surface area contributed by atoms with Gasteiger partial charge in [0.2, 0.25) is 0 Å². The number of rotatable bonds is 6. The highest BCUT2D eigenvalue weighted by atomic mass is 79.9. The quantitative estimate of drug-likeness (QED) is 0.476. The third-order valence-corrected chi connectivity index (χ3v) is 5.17. The second kappa shape index (κ2) is 11.8. The maximum Gasteiger partial charge on any atom is 0.387 e. The second-order valence-electron chi connectivity index (χ2n) is 7.50. The first-order valence-electron chi connectivity index (χ1n) is 10.1. The number of halogens is 3. The number of aromatic nitrogens is 1. The molecule has 7 nitrogen and oxygen atoms in total. The van der Waals surface area contributed by atoms with Gasteiger partial charge in [-0.15, -0.1) is 0 Å². The van der Waals surface area contributed by atoms with Gasteiger partial charge in [-0.1, -0.05) is 32.0 Å². The smallest absolute Gasteiger partial charge is 0.387 e. The monoisotopic (exact) mass is 513 g/mol. The Hall–Kier alpha value is -2.75. The Morgan fingerprint density at radius 2 is 1.91 bits per heavy atom. The first kappa shape index (κ1) is 25.5. The Balaban J connectivity index is 0.000000837. The van der Waals surface area contributed by atoms with Gasteiger partial charge >= 0.3 is 12.6 Å². The van der Waals surface area contributed by atoms with Crippen molar-refractivity contribution in [3.8, 4) is 5.75 Å². The van der Waals surface area contributed by atoms with Gasteiger partial charge in [-0.25, -0.2) is 9.78 Å². The Morgan fingerprint density at radius 1 is 1.28 bits per heavy atom. The van der Waals surface area contributed by atoms with E-state index in [4.69, 9.17) is 9.90 Å². The molecule has 2 aromatic rings. The fraction of sp³-hybridized carbons (Fsp3) is 0.409. The number of anilines is 2. The highest BCUT2D eigenvalue weighted by Crippen LogP contribution is 2.36. The van der Waals surface area contributed by atoms with Crippen LogP contribution in [-0.4, -0.2) is 34.7 Å². The third kappa shape index (κ3) is 7.15. The first-order chi connectivity index (χ1) is 15.1. The Morgan fingerprint density at radius 3 is 2.44 bits per heavy atom. The highest BCUT2D eigenvalue weighted by molar-refractivity contribution is 9.10. The van der Waals surface area contributed by atoms with Crippen LogP contribution >= 0.6 is 15.9 Å². The lowest BCUT2D eigenvalue weighted by Gasteiger charge is -2.38. The molecule has 0 radical (unpaired) electrons. The van der Waals surface area contributed by atoms with E-state index >= 15 is 0 Å². The van der Waals surface area contributed by atoms with Crippen molar-refractivity contribution in [2.24, 2.45) is 0 Å². The molecule has 0 unspecified atom stereocenters. The number of carbonyl (C=O) groups is 2. The average Bonchev–Trinajstić information content (AvgIpc) is 2.65. The van der Waals surface area contributed by atoms with Crippen LogP contribution in [-0.2, 0) is 4.79 Å². The molecular formula is C22H26BrF2N3O4. The van der Waals surface area contributed by atoms with Gasteiger partial charge in [-0.05, 0) is 52.7 Å². The molecule has 2 N–H and O–H groups in total. The Kier molecular flexibility index (Phi) is 9.37. The van der Waals surface area contributed by atoms with Crippen LogP contribution in [0.5, 0.6) is 5.75 Å². The molecule has 3 rings (SSSR count). The summed E-state index contributed by atoms with van der Waals surface area (Å²) in [7, 11) is 0. The normalized spacial score (nSPS) is 13.1. The molecule has 1 fully saturated rings. The van der Waals surface area contributed by atoms with Crippen molar-refractivity contribution in [2.45, 2.75) is 58.6 Å². The number of hydrogen-bond donors (Lipinski definition) is 2. The molecule has 0 spiro atoms. The van der Waals surface area contributed by atoms with Crippen LogP contribution in [0.1, 0.15) is 51.5 Å². The van der Waals surface area contributed by atoms with Gasteiger partial charge in [0.15, 0.2) is 11.6 Å². The zero-order valence-corrected chi connectivity index (χ0v) is 19.6. The van der Waals surface area contributed by atoms with E-state index in [1.165, 1.54) is 12.3 Å². The van der Waals surface area contributed by atoms with Crippen molar-refractivity contribution in [3.63, 3.8) is 0 Å². The molecule has 1 heterocycles. The number of hydrogen-bond acceptors (Lipinski definition) is 4. The van der Waals surface area contributed by atoms with E-state index in [0.29, 0.717) is 4.47 Å². The van der Waals surface area contributed by atoms with Crippen LogP contribution in [0, 0.1) is 0 Å². The predicted molar refractivity (Wildman–Crippen MR) is 122 cm³/mol. The number of carbonyl (C=O) groups excluding carboxylic acids is 1. The number of benzene rings is 1. The van der Waals surface area contributed by atoms with Crippen LogP contribution in [0.3, 0.4) is 0 Å². The molecule has 1 aliphatic rings. The first-order valence-corrected chi connectivity index (χ1v) is 10.9. The van der Waals surface area contributed by atoms with Crippen molar-refractivity contribution < 1.29 is 28.2 Å². The summed E-state index contributed by atoms with van der Waals surface area (Å²) in [6.07, 6.45) is 4.26. The van der Waals surface area contributed by atoms with Crippen LogP contribution in [0.4, 0.5) is 25.1 Å². The maximum atomic E-state index is 13.2. The molecule has 1 aromatic carbocycles. The molecule has 1 aliphatic carbocycles. The number of aliphatic carboxylic acids is 1.